The van der Waals surface area contributed by atoms with Crippen molar-refractivity contribution >= 4 is 17.7 Å². The monoisotopic (exact) mass is 298 g/mol. The molecule has 1 rings (SSSR count). The van der Waals surface area contributed by atoms with Gasteiger partial charge in [0.25, 0.3) is 0 Å². The van der Waals surface area contributed by atoms with Gasteiger partial charge >= 0.3 is 0 Å². The van der Waals surface area contributed by atoms with E-state index < -0.39 is 6.04 Å². The van der Waals surface area contributed by atoms with Crippen LogP contribution in [-0.4, -0.2) is 36.3 Å². The van der Waals surface area contributed by atoms with Gasteiger partial charge in [0, 0.05) is 12.0 Å². The van der Waals surface area contributed by atoms with Crippen LogP contribution in [0.3, 0.4) is 0 Å². The molecule has 7 heteroatoms. The highest BCUT2D eigenvalue weighted by molar-refractivity contribution is 5.87. The van der Waals surface area contributed by atoms with E-state index in [0.717, 1.165) is 12.8 Å². The van der Waals surface area contributed by atoms with Crippen molar-refractivity contribution in [2.24, 2.45) is 23.3 Å². The zero-order chi connectivity index (χ0) is 16.0. The molecule has 1 aliphatic rings. The molecule has 0 aliphatic heterocycles. The van der Waals surface area contributed by atoms with Crippen LogP contribution in [0.2, 0.25) is 0 Å². The van der Waals surface area contributed by atoms with E-state index in [4.69, 9.17) is 11.5 Å². The molecule has 1 fully saturated rings. The van der Waals surface area contributed by atoms with Gasteiger partial charge in [0.15, 0.2) is 0 Å². The zero-order valence-corrected chi connectivity index (χ0v) is 12.7. The number of carbonyl (C=O) groups excluding carboxylic acids is 3. The van der Waals surface area contributed by atoms with Crippen LogP contribution in [0, 0.1) is 11.8 Å². The maximum Gasteiger partial charge on any atom is 0.239 e. The molecule has 120 valence electrons. The molecule has 0 heterocycles. The molecule has 0 saturated heterocycles. The second kappa shape index (κ2) is 7.97. The third-order valence-corrected chi connectivity index (χ3v) is 3.94. The first-order chi connectivity index (χ1) is 9.81. The SMILES string of the molecule is CC(C)[C@H](N)C(=O)NCC(=O)NC1CCC(C(N)=O)CC1. The first-order valence-corrected chi connectivity index (χ1v) is 7.43. The predicted octanol–water partition coefficient (Wildman–Crippen LogP) is -0.754. The quantitative estimate of drug-likeness (QED) is 0.514. The highest BCUT2D eigenvalue weighted by Crippen LogP contribution is 2.23. The van der Waals surface area contributed by atoms with E-state index in [-0.39, 0.29) is 42.1 Å². The molecule has 1 aliphatic carbocycles. The summed E-state index contributed by atoms with van der Waals surface area (Å²) < 4.78 is 0. The lowest BCUT2D eigenvalue weighted by atomic mass is 9.85. The fourth-order valence-electron chi connectivity index (χ4n) is 2.39. The van der Waals surface area contributed by atoms with Crippen LogP contribution in [0.15, 0.2) is 0 Å². The second-order valence-electron chi connectivity index (χ2n) is 6.01. The molecule has 21 heavy (non-hydrogen) atoms. The van der Waals surface area contributed by atoms with E-state index in [1.165, 1.54) is 0 Å². The summed E-state index contributed by atoms with van der Waals surface area (Å²) in [6.45, 7) is 3.62. The van der Waals surface area contributed by atoms with Crippen LogP contribution in [0.5, 0.6) is 0 Å². The molecule has 0 aromatic heterocycles. The number of primary amides is 1. The Kier molecular flexibility index (Phi) is 6.61. The van der Waals surface area contributed by atoms with Crippen LogP contribution in [-0.2, 0) is 14.4 Å². The third kappa shape index (κ3) is 5.71. The van der Waals surface area contributed by atoms with Gasteiger partial charge in [-0.2, -0.15) is 0 Å². The molecule has 0 unspecified atom stereocenters. The summed E-state index contributed by atoms with van der Waals surface area (Å²) in [5.74, 6) is -0.881. The van der Waals surface area contributed by atoms with Crippen molar-refractivity contribution in [1.29, 1.82) is 0 Å². The van der Waals surface area contributed by atoms with Crippen molar-refractivity contribution in [3.05, 3.63) is 0 Å². The second-order valence-corrected chi connectivity index (χ2v) is 6.01. The van der Waals surface area contributed by atoms with Gasteiger partial charge in [-0.25, -0.2) is 0 Å². The van der Waals surface area contributed by atoms with Crippen LogP contribution in [0.4, 0.5) is 0 Å². The Morgan fingerprint density at radius 3 is 2.19 bits per heavy atom. The largest absolute Gasteiger partial charge is 0.369 e. The minimum absolute atomic E-state index is 0.0251. The number of carbonyl (C=O) groups is 3. The Bertz CT molecular complexity index is 390. The smallest absolute Gasteiger partial charge is 0.239 e. The average Bonchev–Trinajstić information content (AvgIpc) is 2.44. The lowest BCUT2D eigenvalue weighted by Gasteiger charge is -2.27. The Hall–Kier alpha value is -1.63. The predicted molar refractivity (Wildman–Crippen MR) is 78.9 cm³/mol. The van der Waals surface area contributed by atoms with Gasteiger partial charge in [-0.1, -0.05) is 13.8 Å². The number of hydrogen-bond acceptors (Lipinski definition) is 4. The van der Waals surface area contributed by atoms with E-state index in [1.807, 2.05) is 13.8 Å². The Morgan fingerprint density at radius 1 is 1.14 bits per heavy atom. The van der Waals surface area contributed by atoms with E-state index in [0.29, 0.717) is 12.8 Å². The fraction of sp³-hybridized carbons (Fsp3) is 0.786. The summed E-state index contributed by atoms with van der Waals surface area (Å²) in [5, 5.41) is 5.39. The Labute approximate surface area is 125 Å². The Morgan fingerprint density at radius 2 is 1.71 bits per heavy atom. The summed E-state index contributed by atoms with van der Waals surface area (Å²) in [7, 11) is 0. The van der Waals surface area contributed by atoms with Crippen molar-refractivity contribution < 1.29 is 14.4 Å². The van der Waals surface area contributed by atoms with Crippen molar-refractivity contribution in [3.8, 4) is 0 Å². The van der Waals surface area contributed by atoms with Crippen molar-refractivity contribution in [2.45, 2.75) is 51.6 Å². The van der Waals surface area contributed by atoms with Gasteiger partial charge < -0.3 is 22.1 Å². The molecule has 1 atom stereocenters. The van der Waals surface area contributed by atoms with E-state index in [2.05, 4.69) is 10.6 Å². The van der Waals surface area contributed by atoms with Gasteiger partial charge in [0.05, 0.1) is 12.6 Å². The van der Waals surface area contributed by atoms with Crippen LogP contribution < -0.4 is 22.1 Å². The molecule has 0 bridgehead atoms. The molecule has 6 N–H and O–H groups in total. The van der Waals surface area contributed by atoms with E-state index in [1.54, 1.807) is 0 Å². The minimum atomic E-state index is -0.608. The summed E-state index contributed by atoms with van der Waals surface area (Å²) >= 11 is 0. The van der Waals surface area contributed by atoms with Gasteiger partial charge in [-0.05, 0) is 31.6 Å². The summed E-state index contributed by atoms with van der Waals surface area (Å²) in [5.41, 5.74) is 10.9. The van der Waals surface area contributed by atoms with Crippen molar-refractivity contribution in [2.75, 3.05) is 6.54 Å². The van der Waals surface area contributed by atoms with Crippen LogP contribution >= 0.6 is 0 Å². The zero-order valence-electron chi connectivity index (χ0n) is 12.7. The Balaban J connectivity index is 2.26. The lowest BCUT2D eigenvalue weighted by Crippen LogP contribution is -2.49. The summed E-state index contributed by atoms with van der Waals surface area (Å²) in [6, 6.07) is -0.562. The lowest BCUT2D eigenvalue weighted by molar-refractivity contribution is -0.128. The normalized spacial score (nSPS) is 23.4. The summed E-state index contributed by atoms with van der Waals surface area (Å²) in [4.78, 5) is 34.5. The van der Waals surface area contributed by atoms with E-state index in [9.17, 15) is 14.4 Å². The van der Waals surface area contributed by atoms with Gasteiger partial charge in [-0.3, -0.25) is 14.4 Å². The fourth-order valence-corrected chi connectivity index (χ4v) is 2.39. The average molecular weight is 298 g/mol. The molecule has 0 aromatic rings. The number of amides is 3. The van der Waals surface area contributed by atoms with Crippen LogP contribution in [0.25, 0.3) is 0 Å². The number of hydrogen-bond donors (Lipinski definition) is 4. The maximum atomic E-state index is 11.8. The van der Waals surface area contributed by atoms with E-state index >= 15 is 0 Å². The van der Waals surface area contributed by atoms with Crippen LogP contribution in [0.1, 0.15) is 39.5 Å². The molecular formula is C14H26N4O3. The molecule has 3 amide bonds. The third-order valence-electron chi connectivity index (χ3n) is 3.94. The topological polar surface area (TPSA) is 127 Å². The first-order valence-electron chi connectivity index (χ1n) is 7.43. The standard InChI is InChI=1S/C14H26N4O3/c1-8(2)12(15)14(21)17-7-11(19)18-10-5-3-9(4-6-10)13(16)20/h8-10,12H,3-7,15H2,1-2H3,(H2,16,20)(H,17,21)(H,18,19)/t9?,10?,12-/m0/s1. The van der Waals surface area contributed by atoms with Gasteiger partial charge in [0.2, 0.25) is 17.7 Å². The number of nitrogens with one attached hydrogen (secondary N) is 2. The maximum absolute atomic E-state index is 11.8. The van der Waals surface area contributed by atoms with Crippen molar-refractivity contribution in [3.63, 3.8) is 0 Å². The molecule has 1 saturated carbocycles. The minimum Gasteiger partial charge on any atom is -0.369 e. The first kappa shape index (κ1) is 17.4. The molecule has 0 aromatic carbocycles. The van der Waals surface area contributed by atoms with Crippen molar-refractivity contribution in [1.82, 2.24) is 10.6 Å². The van der Waals surface area contributed by atoms with Gasteiger partial charge in [0.1, 0.15) is 0 Å². The molecule has 7 nitrogen and oxygen atoms in total. The highest BCUT2D eigenvalue weighted by atomic mass is 16.2. The summed E-state index contributed by atoms with van der Waals surface area (Å²) in [6.07, 6.45) is 2.87. The highest BCUT2D eigenvalue weighted by Gasteiger charge is 2.25. The molecule has 0 radical (unpaired) electrons. The van der Waals surface area contributed by atoms with Gasteiger partial charge in [-0.15, -0.1) is 0 Å². The molecular weight excluding hydrogens is 272 g/mol. The number of nitrogens with two attached hydrogens (primary N) is 2. The molecule has 0 spiro atoms. The number of rotatable bonds is 6.